The number of nitrogens with one attached hydrogen (secondary N) is 1. The highest BCUT2D eigenvalue weighted by atomic mass is 16.3. The molecule has 1 amide bonds. The van der Waals surface area contributed by atoms with E-state index in [1.54, 1.807) is 18.2 Å². The van der Waals surface area contributed by atoms with Crippen LogP contribution in [0.3, 0.4) is 0 Å². The van der Waals surface area contributed by atoms with Crippen LogP contribution >= 0.6 is 0 Å². The summed E-state index contributed by atoms with van der Waals surface area (Å²) in [5, 5.41) is 12.5. The third-order valence-electron chi connectivity index (χ3n) is 3.44. The Labute approximate surface area is 125 Å². The van der Waals surface area contributed by atoms with Crippen LogP contribution in [0, 0.1) is 0 Å². The third-order valence-corrected chi connectivity index (χ3v) is 3.44. The highest BCUT2D eigenvalue weighted by molar-refractivity contribution is 5.94. The molecule has 2 aromatic rings. The maximum absolute atomic E-state index is 12.1. The average Bonchev–Trinajstić information content (AvgIpc) is 2.45. The number of phenols is 1. The molecule has 0 atom stereocenters. The van der Waals surface area contributed by atoms with E-state index in [0.717, 1.165) is 0 Å². The largest absolute Gasteiger partial charge is 0.508 e. The van der Waals surface area contributed by atoms with E-state index in [4.69, 9.17) is 0 Å². The molecule has 2 aromatic carbocycles. The van der Waals surface area contributed by atoms with Gasteiger partial charge in [0.25, 0.3) is 5.91 Å². The standard InChI is InChI=1S/C18H21NO2/c1-18(2,3)15-10-8-13(9-11-15)17(21)19-12-14-6-4-5-7-16(14)20/h4-11,20H,12H2,1-3H3,(H,19,21). The van der Waals surface area contributed by atoms with Crippen molar-refractivity contribution in [3.8, 4) is 5.75 Å². The van der Waals surface area contributed by atoms with E-state index >= 15 is 0 Å². The maximum Gasteiger partial charge on any atom is 0.251 e. The van der Waals surface area contributed by atoms with E-state index < -0.39 is 0 Å². The topological polar surface area (TPSA) is 49.3 Å². The summed E-state index contributed by atoms with van der Waals surface area (Å²) in [5.41, 5.74) is 2.60. The van der Waals surface area contributed by atoms with E-state index in [9.17, 15) is 9.90 Å². The maximum atomic E-state index is 12.1. The van der Waals surface area contributed by atoms with Crippen molar-refractivity contribution in [1.29, 1.82) is 0 Å². The summed E-state index contributed by atoms with van der Waals surface area (Å²) in [7, 11) is 0. The fourth-order valence-electron chi connectivity index (χ4n) is 2.06. The Hall–Kier alpha value is -2.29. The first kappa shape index (κ1) is 15.1. The zero-order valence-corrected chi connectivity index (χ0v) is 12.7. The molecule has 3 nitrogen and oxygen atoms in total. The first-order chi connectivity index (χ1) is 9.88. The Morgan fingerprint density at radius 2 is 1.67 bits per heavy atom. The normalized spacial score (nSPS) is 11.2. The molecule has 0 aliphatic carbocycles. The summed E-state index contributed by atoms with van der Waals surface area (Å²) in [6.45, 7) is 6.73. The third kappa shape index (κ3) is 3.85. The average molecular weight is 283 g/mol. The van der Waals surface area contributed by atoms with Crippen molar-refractivity contribution in [2.75, 3.05) is 0 Å². The molecule has 0 radical (unpaired) electrons. The lowest BCUT2D eigenvalue weighted by Crippen LogP contribution is -2.23. The molecule has 0 saturated carbocycles. The van der Waals surface area contributed by atoms with Crippen LogP contribution in [-0.2, 0) is 12.0 Å². The van der Waals surface area contributed by atoms with Gasteiger partial charge in [-0.2, -0.15) is 0 Å². The summed E-state index contributed by atoms with van der Waals surface area (Å²) < 4.78 is 0. The van der Waals surface area contributed by atoms with Gasteiger partial charge in [-0.15, -0.1) is 0 Å². The summed E-state index contributed by atoms with van der Waals surface area (Å²) in [5.74, 6) is 0.0552. The van der Waals surface area contributed by atoms with E-state index in [1.807, 2.05) is 30.3 Å². The number of carbonyl (C=O) groups excluding carboxylic acids is 1. The summed E-state index contributed by atoms with van der Waals surface area (Å²) in [6.07, 6.45) is 0. The van der Waals surface area contributed by atoms with Crippen LogP contribution in [0.5, 0.6) is 5.75 Å². The Morgan fingerprint density at radius 3 is 2.24 bits per heavy atom. The van der Waals surface area contributed by atoms with Gasteiger partial charge in [-0.3, -0.25) is 4.79 Å². The number of aromatic hydroxyl groups is 1. The molecule has 0 saturated heterocycles. The minimum Gasteiger partial charge on any atom is -0.508 e. The Kier molecular flexibility index (Phi) is 4.32. The molecule has 21 heavy (non-hydrogen) atoms. The van der Waals surface area contributed by atoms with Crippen LogP contribution in [0.2, 0.25) is 0 Å². The summed E-state index contributed by atoms with van der Waals surface area (Å²) in [4.78, 5) is 12.1. The van der Waals surface area contributed by atoms with Crippen molar-refractivity contribution >= 4 is 5.91 Å². The zero-order chi connectivity index (χ0) is 15.5. The number of phenolic OH excluding ortho intramolecular Hbond substituents is 1. The molecule has 0 aliphatic heterocycles. The number of rotatable bonds is 3. The van der Waals surface area contributed by atoms with Gasteiger partial charge in [-0.1, -0.05) is 51.1 Å². The van der Waals surface area contributed by atoms with Crippen molar-refractivity contribution in [3.05, 3.63) is 65.2 Å². The fraction of sp³-hybridized carbons (Fsp3) is 0.278. The molecule has 0 aliphatic rings. The van der Waals surface area contributed by atoms with Crippen LogP contribution in [0.15, 0.2) is 48.5 Å². The van der Waals surface area contributed by atoms with E-state index in [0.29, 0.717) is 17.7 Å². The van der Waals surface area contributed by atoms with Crippen LogP contribution in [0.25, 0.3) is 0 Å². The monoisotopic (exact) mass is 283 g/mol. The van der Waals surface area contributed by atoms with Gasteiger partial charge in [0.15, 0.2) is 0 Å². The number of amides is 1. The van der Waals surface area contributed by atoms with Crippen LogP contribution in [0.4, 0.5) is 0 Å². The molecule has 3 heteroatoms. The lowest BCUT2D eigenvalue weighted by molar-refractivity contribution is 0.0950. The second kappa shape index (κ2) is 6.00. The van der Waals surface area contributed by atoms with E-state index in [1.165, 1.54) is 5.56 Å². The first-order valence-corrected chi connectivity index (χ1v) is 7.03. The molecule has 0 fully saturated rings. The second-order valence-electron chi connectivity index (χ2n) is 6.14. The molecule has 2 N–H and O–H groups in total. The minimum atomic E-state index is -0.140. The predicted octanol–water partition coefficient (Wildman–Crippen LogP) is 3.62. The number of hydrogen-bond acceptors (Lipinski definition) is 2. The molecule has 2 rings (SSSR count). The van der Waals surface area contributed by atoms with Crippen LogP contribution < -0.4 is 5.32 Å². The molecular weight excluding hydrogens is 262 g/mol. The molecule has 0 unspecified atom stereocenters. The second-order valence-corrected chi connectivity index (χ2v) is 6.14. The van der Waals surface area contributed by atoms with Crippen molar-refractivity contribution < 1.29 is 9.90 Å². The Bertz CT molecular complexity index is 624. The van der Waals surface area contributed by atoms with Gasteiger partial charge < -0.3 is 10.4 Å². The number of hydrogen-bond donors (Lipinski definition) is 2. The number of para-hydroxylation sites is 1. The quantitative estimate of drug-likeness (QED) is 0.904. The smallest absolute Gasteiger partial charge is 0.251 e. The molecule has 0 spiro atoms. The van der Waals surface area contributed by atoms with Crippen molar-refractivity contribution in [2.45, 2.75) is 32.7 Å². The molecule has 0 bridgehead atoms. The number of carbonyl (C=O) groups is 1. The van der Waals surface area contributed by atoms with Gasteiger partial charge in [0, 0.05) is 17.7 Å². The van der Waals surface area contributed by atoms with Gasteiger partial charge in [-0.05, 0) is 29.2 Å². The predicted molar refractivity (Wildman–Crippen MR) is 84.4 cm³/mol. The zero-order valence-electron chi connectivity index (χ0n) is 12.7. The van der Waals surface area contributed by atoms with Gasteiger partial charge in [0.05, 0.1) is 0 Å². The molecule has 0 aromatic heterocycles. The van der Waals surface area contributed by atoms with Crippen molar-refractivity contribution in [3.63, 3.8) is 0 Å². The fourth-order valence-corrected chi connectivity index (χ4v) is 2.06. The molecule has 0 heterocycles. The molecular formula is C18H21NO2. The SMILES string of the molecule is CC(C)(C)c1ccc(C(=O)NCc2ccccc2O)cc1. The van der Waals surface area contributed by atoms with Gasteiger partial charge in [-0.25, -0.2) is 0 Å². The minimum absolute atomic E-state index is 0.0742. The first-order valence-electron chi connectivity index (χ1n) is 7.03. The van der Waals surface area contributed by atoms with E-state index in [2.05, 4.69) is 26.1 Å². The highest BCUT2D eigenvalue weighted by Crippen LogP contribution is 2.22. The van der Waals surface area contributed by atoms with Gasteiger partial charge >= 0.3 is 0 Å². The Balaban J connectivity index is 2.03. The van der Waals surface area contributed by atoms with Crippen LogP contribution in [-0.4, -0.2) is 11.0 Å². The van der Waals surface area contributed by atoms with E-state index in [-0.39, 0.29) is 17.1 Å². The lowest BCUT2D eigenvalue weighted by Gasteiger charge is -2.19. The highest BCUT2D eigenvalue weighted by Gasteiger charge is 2.14. The van der Waals surface area contributed by atoms with Crippen molar-refractivity contribution in [2.24, 2.45) is 0 Å². The van der Waals surface area contributed by atoms with Crippen molar-refractivity contribution in [1.82, 2.24) is 5.32 Å². The van der Waals surface area contributed by atoms with Crippen LogP contribution in [0.1, 0.15) is 42.3 Å². The Morgan fingerprint density at radius 1 is 1.05 bits per heavy atom. The summed E-state index contributed by atoms with van der Waals surface area (Å²) >= 11 is 0. The summed E-state index contributed by atoms with van der Waals surface area (Å²) in [6, 6.07) is 14.6. The van der Waals surface area contributed by atoms with Gasteiger partial charge in [0.1, 0.15) is 5.75 Å². The molecule has 110 valence electrons. The number of benzene rings is 2. The lowest BCUT2D eigenvalue weighted by atomic mass is 9.87. The van der Waals surface area contributed by atoms with Gasteiger partial charge in [0.2, 0.25) is 0 Å².